The number of benzene rings is 1. The molecule has 0 bridgehead atoms. The topological polar surface area (TPSA) is 38.0 Å². The maximum absolute atomic E-state index is 5.25. The smallest absolute Gasteiger partial charge is 0.0525 e. The van der Waals surface area contributed by atoms with Crippen LogP contribution in [-0.4, -0.2) is 0 Å². The van der Waals surface area contributed by atoms with E-state index in [1.54, 1.807) is 0 Å². The number of hydrogen-bond donors (Lipinski definition) is 2. The zero-order valence-electron chi connectivity index (χ0n) is 6.10. The lowest BCUT2D eigenvalue weighted by Crippen LogP contribution is -2.07. The minimum Gasteiger partial charge on any atom is -0.324 e. The van der Waals surface area contributed by atoms with Gasteiger partial charge in [0.2, 0.25) is 0 Å². The second kappa shape index (κ2) is 4.59. The number of nitrogens with two attached hydrogens (primary N) is 1. The van der Waals surface area contributed by atoms with Gasteiger partial charge in [-0.3, -0.25) is 5.84 Å². The molecule has 0 spiro atoms. The molecule has 3 N–H and O–H groups in total. The zero-order chi connectivity index (χ0) is 7.56. The number of nitrogen functional groups attached to an aromatic ring is 1. The Kier molecular flexibility index (Phi) is 4.49. The molecule has 0 atom stereocenters. The highest BCUT2D eigenvalue weighted by molar-refractivity contribution is 9.10. The average molecular weight is 238 g/mol. The van der Waals surface area contributed by atoms with E-state index in [-0.39, 0.29) is 12.4 Å². The Labute approximate surface area is 80.7 Å². The Hall–Kier alpha value is -0.250. The number of nitrogens with one attached hydrogen (secondary N) is 1. The predicted molar refractivity (Wildman–Crippen MR) is 53.9 cm³/mol. The van der Waals surface area contributed by atoms with Crippen molar-refractivity contribution in [2.75, 3.05) is 5.43 Å². The van der Waals surface area contributed by atoms with E-state index in [4.69, 9.17) is 5.84 Å². The SMILES string of the molecule is Cc1c(Br)cccc1NN.Cl. The molecule has 1 rings (SSSR count). The third kappa shape index (κ3) is 2.36. The van der Waals surface area contributed by atoms with Gasteiger partial charge in [0.15, 0.2) is 0 Å². The summed E-state index contributed by atoms with van der Waals surface area (Å²) in [4.78, 5) is 0. The maximum Gasteiger partial charge on any atom is 0.0525 e. The summed E-state index contributed by atoms with van der Waals surface area (Å²) < 4.78 is 1.07. The van der Waals surface area contributed by atoms with Crippen molar-refractivity contribution in [3.8, 4) is 0 Å². The Morgan fingerprint density at radius 3 is 2.55 bits per heavy atom. The lowest BCUT2D eigenvalue weighted by molar-refractivity contribution is 1.30. The molecule has 0 saturated heterocycles. The van der Waals surface area contributed by atoms with Crippen LogP contribution in [0.4, 0.5) is 5.69 Å². The van der Waals surface area contributed by atoms with Crippen LogP contribution in [0.1, 0.15) is 5.56 Å². The normalized spacial score (nSPS) is 8.64. The summed E-state index contributed by atoms with van der Waals surface area (Å²) in [5, 5.41) is 0. The van der Waals surface area contributed by atoms with Crippen molar-refractivity contribution in [1.29, 1.82) is 0 Å². The molecule has 0 aliphatic carbocycles. The first-order valence-electron chi connectivity index (χ1n) is 2.97. The van der Waals surface area contributed by atoms with Crippen LogP contribution in [0.5, 0.6) is 0 Å². The van der Waals surface area contributed by atoms with E-state index in [2.05, 4.69) is 21.4 Å². The standard InChI is InChI=1S/C7H9BrN2.ClH/c1-5-6(8)3-2-4-7(5)10-9;/h2-4,10H,9H2,1H3;1H. The van der Waals surface area contributed by atoms with E-state index < -0.39 is 0 Å². The number of halogens is 2. The van der Waals surface area contributed by atoms with Crippen LogP contribution in [0.25, 0.3) is 0 Å². The molecule has 2 nitrogen and oxygen atoms in total. The van der Waals surface area contributed by atoms with E-state index >= 15 is 0 Å². The van der Waals surface area contributed by atoms with E-state index in [0.29, 0.717) is 0 Å². The van der Waals surface area contributed by atoms with E-state index in [9.17, 15) is 0 Å². The number of hydrazine groups is 1. The van der Waals surface area contributed by atoms with Crippen molar-refractivity contribution in [3.63, 3.8) is 0 Å². The molecule has 0 fully saturated rings. The minimum absolute atomic E-state index is 0. The first-order valence-corrected chi connectivity index (χ1v) is 3.76. The summed E-state index contributed by atoms with van der Waals surface area (Å²) >= 11 is 3.39. The van der Waals surface area contributed by atoms with Crippen molar-refractivity contribution in [1.82, 2.24) is 0 Å². The van der Waals surface area contributed by atoms with Crippen molar-refractivity contribution < 1.29 is 0 Å². The fourth-order valence-electron chi connectivity index (χ4n) is 0.764. The van der Waals surface area contributed by atoms with Crippen molar-refractivity contribution >= 4 is 34.0 Å². The van der Waals surface area contributed by atoms with Gasteiger partial charge in [-0.25, -0.2) is 0 Å². The number of anilines is 1. The van der Waals surface area contributed by atoms with Gasteiger partial charge >= 0.3 is 0 Å². The molecule has 0 unspecified atom stereocenters. The van der Waals surface area contributed by atoms with Gasteiger partial charge in [-0.05, 0) is 24.6 Å². The van der Waals surface area contributed by atoms with Gasteiger partial charge in [0.25, 0.3) is 0 Å². The summed E-state index contributed by atoms with van der Waals surface area (Å²) in [6.07, 6.45) is 0. The first kappa shape index (κ1) is 10.8. The van der Waals surface area contributed by atoms with Crippen molar-refractivity contribution in [2.24, 2.45) is 5.84 Å². The monoisotopic (exact) mass is 236 g/mol. The maximum atomic E-state index is 5.25. The zero-order valence-corrected chi connectivity index (χ0v) is 8.50. The molecular weight excluding hydrogens is 227 g/mol. The summed E-state index contributed by atoms with van der Waals surface area (Å²) in [7, 11) is 0. The van der Waals surface area contributed by atoms with Crippen LogP contribution in [0, 0.1) is 6.92 Å². The Morgan fingerprint density at radius 2 is 2.09 bits per heavy atom. The Bertz CT molecular complexity index is 240. The summed E-state index contributed by atoms with van der Waals surface area (Å²) in [6, 6.07) is 5.85. The largest absolute Gasteiger partial charge is 0.324 e. The van der Waals surface area contributed by atoms with Gasteiger partial charge in [-0.15, -0.1) is 12.4 Å². The van der Waals surface area contributed by atoms with Gasteiger partial charge in [-0.1, -0.05) is 22.0 Å². The Morgan fingerprint density at radius 1 is 1.45 bits per heavy atom. The molecule has 1 aromatic rings. The van der Waals surface area contributed by atoms with Crippen LogP contribution in [-0.2, 0) is 0 Å². The predicted octanol–water partition coefficient (Wildman–Crippen LogP) is 2.46. The molecule has 62 valence electrons. The lowest BCUT2D eigenvalue weighted by atomic mass is 10.2. The summed E-state index contributed by atoms with van der Waals surface area (Å²) in [6.45, 7) is 2.00. The highest BCUT2D eigenvalue weighted by atomic mass is 79.9. The average Bonchev–Trinajstić information content (AvgIpc) is 1.95. The summed E-state index contributed by atoms with van der Waals surface area (Å²) in [5.74, 6) is 5.25. The van der Waals surface area contributed by atoms with Gasteiger partial charge in [0.05, 0.1) is 5.69 Å². The molecule has 1 aromatic carbocycles. The third-order valence-electron chi connectivity index (χ3n) is 1.42. The Balaban J connectivity index is 0.000001000. The molecule has 4 heteroatoms. The van der Waals surface area contributed by atoms with Crippen molar-refractivity contribution in [2.45, 2.75) is 6.92 Å². The van der Waals surface area contributed by atoms with Gasteiger partial charge in [0.1, 0.15) is 0 Å². The van der Waals surface area contributed by atoms with E-state index in [1.165, 1.54) is 0 Å². The molecule has 0 amide bonds. The molecule has 0 saturated carbocycles. The van der Waals surface area contributed by atoms with Gasteiger partial charge < -0.3 is 5.43 Å². The second-order valence-electron chi connectivity index (χ2n) is 2.06. The molecule has 11 heavy (non-hydrogen) atoms. The van der Waals surface area contributed by atoms with E-state index in [0.717, 1.165) is 15.7 Å². The molecule has 0 heterocycles. The fraction of sp³-hybridized carbons (Fsp3) is 0.143. The highest BCUT2D eigenvalue weighted by Gasteiger charge is 1.97. The van der Waals surface area contributed by atoms with Crippen LogP contribution >= 0.6 is 28.3 Å². The third-order valence-corrected chi connectivity index (χ3v) is 2.28. The van der Waals surface area contributed by atoms with E-state index in [1.807, 2.05) is 25.1 Å². The molecule has 0 aromatic heterocycles. The summed E-state index contributed by atoms with van der Waals surface area (Å²) in [5.41, 5.74) is 4.69. The molecule has 0 aliphatic rings. The highest BCUT2D eigenvalue weighted by Crippen LogP contribution is 2.22. The number of rotatable bonds is 1. The second-order valence-corrected chi connectivity index (χ2v) is 2.91. The van der Waals surface area contributed by atoms with Crippen LogP contribution in [0.3, 0.4) is 0 Å². The first-order chi connectivity index (χ1) is 4.75. The van der Waals surface area contributed by atoms with Gasteiger partial charge in [0, 0.05) is 4.47 Å². The quantitative estimate of drug-likeness (QED) is 0.582. The molecular formula is C7H10BrClN2. The molecule has 0 radical (unpaired) electrons. The van der Waals surface area contributed by atoms with Gasteiger partial charge in [-0.2, -0.15) is 0 Å². The fourth-order valence-corrected chi connectivity index (χ4v) is 1.13. The van der Waals surface area contributed by atoms with Crippen molar-refractivity contribution in [3.05, 3.63) is 28.2 Å². The number of hydrogen-bond acceptors (Lipinski definition) is 2. The van der Waals surface area contributed by atoms with Crippen LogP contribution < -0.4 is 11.3 Å². The van der Waals surface area contributed by atoms with Crippen LogP contribution in [0.2, 0.25) is 0 Å². The van der Waals surface area contributed by atoms with Crippen LogP contribution in [0.15, 0.2) is 22.7 Å². The minimum atomic E-state index is 0. The lowest BCUT2D eigenvalue weighted by Gasteiger charge is -2.04. The molecule has 0 aliphatic heterocycles.